The Bertz CT molecular complexity index is 154. The van der Waals surface area contributed by atoms with Gasteiger partial charge in [-0.1, -0.05) is 0 Å². The van der Waals surface area contributed by atoms with E-state index in [1.54, 1.807) is 7.11 Å². The number of methoxy groups -OCH3 is 1. The highest BCUT2D eigenvalue weighted by molar-refractivity contribution is 5.79. The molecule has 1 unspecified atom stereocenters. The summed E-state index contributed by atoms with van der Waals surface area (Å²) in [7, 11) is 1.60. The van der Waals surface area contributed by atoms with Gasteiger partial charge in [0.15, 0.2) is 0 Å². The van der Waals surface area contributed by atoms with Gasteiger partial charge in [-0.3, -0.25) is 4.79 Å². The van der Waals surface area contributed by atoms with Crippen molar-refractivity contribution in [3.05, 3.63) is 0 Å². The fourth-order valence-corrected chi connectivity index (χ4v) is 0.655. The molecular formula is C8H18N2O4. The average Bonchev–Trinajstić information content (AvgIpc) is 2.16. The topological polar surface area (TPSA) is 96.8 Å². The lowest BCUT2D eigenvalue weighted by Crippen LogP contribution is -2.40. The Hall–Kier alpha value is -0.690. The van der Waals surface area contributed by atoms with E-state index >= 15 is 0 Å². The Balaban J connectivity index is 3.09. The summed E-state index contributed by atoms with van der Waals surface area (Å²) in [5, 5.41) is 0. The minimum atomic E-state index is -0.742. The van der Waals surface area contributed by atoms with Crippen molar-refractivity contribution >= 4 is 5.91 Å². The first kappa shape index (κ1) is 13.3. The first-order valence-corrected chi connectivity index (χ1v) is 4.37. The summed E-state index contributed by atoms with van der Waals surface area (Å²) in [6.07, 6.45) is 0. The minimum absolute atomic E-state index is 0.128. The number of carbonyl (C=O) groups excluding carboxylic acids is 1. The van der Waals surface area contributed by atoms with E-state index in [-0.39, 0.29) is 6.61 Å². The van der Waals surface area contributed by atoms with Gasteiger partial charge >= 0.3 is 0 Å². The molecule has 0 aliphatic rings. The number of amides is 1. The zero-order chi connectivity index (χ0) is 10.8. The van der Waals surface area contributed by atoms with Crippen LogP contribution in [0.15, 0.2) is 0 Å². The Labute approximate surface area is 83.5 Å². The highest BCUT2D eigenvalue weighted by Crippen LogP contribution is 1.82. The molecule has 0 aromatic carbocycles. The molecule has 0 aliphatic carbocycles. The van der Waals surface area contributed by atoms with Crippen LogP contribution in [0.25, 0.3) is 0 Å². The second-order valence-electron chi connectivity index (χ2n) is 2.69. The molecule has 0 aromatic rings. The van der Waals surface area contributed by atoms with Crippen molar-refractivity contribution < 1.29 is 19.0 Å². The summed E-state index contributed by atoms with van der Waals surface area (Å²) < 4.78 is 14.9. The zero-order valence-corrected chi connectivity index (χ0v) is 8.40. The second kappa shape index (κ2) is 8.89. The van der Waals surface area contributed by atoms with Crippen LogP contribution in [0.1, 0.15) is 0 Å². The molecule has 0 saturated heterocycles. The third-order valence-corrected chi connectivity index (χ3v) is 1.47. The van der Waals surface area contributed by atoms with Crippen molar-refractivity contribution in [1.29, 1.82) is 0 Å². The Morgan fingerprint density at radius 1 is 1.21 bits per heavy atom. The van der Waals surface area contributed by atoms with Crippen LogP contribution in [0.2, 0.25) is 0 Å². The van der Waals surface area contributed by atoms with Crippen LogP contribution in [0.4, 0.5) is 0 Å². The summed E-state index contributed by atoms with van der Waals surface area (Å²) in [6.45, 7) is 2.06. The van der Waals surface area contributed by atoms with Crippen molar-refractivity contribution in [1.82, 2.24) is 0 Å². The Kier molecular flexibility index (Phi) is 8.45. The number of hydrogen-bond donors (Lipinski definition) is 2. The van der Waals surface area contributed by atoms with Crippen LogP contribution in [0.3, 0.4) is 0 Å². The smallest absolute Gasteiger partial charge is 0.236 e. The number of primary amides is 1. The molecular weight excluding hydrogens is 188 g/mol. The predicted molar refractivity (Wildman–Crippen MR) is 50.7 cm³/mol. The van der Waals surface area contributed by atoms with Crippen LogP contribution in [-0.4, -0.2) is 52.1 Å². The molecule has 0 spiro atoms. The van der Waals surface area contributed by atoms with E-state index in [1.165, 1.54) is 0 Å². The maximum atomic E-state index is 10.5. The average molecular weight is 206 g/mol. The van der Waals surface area contributed by atoms with Crippen LogP contribution in [-0.2, 0) is 19.0 Å². The third kappa shape index (κ3) is 7.93. The Morgan fingerprint density at radius 2 is 1.79 bits per heavy atom. The van der Waals surface area contributed by atoms with E-state index < -0.39 is 11.9 Å². The van der Waals surface area contributed by atoms with E-state index in [4.69, 9.17) is 25.7 Å². The van der Waals surface area contributed by atoms with Gasteiger partial charge in [-0.15, -0.1) is 0 Å². The molecule has 0 bridgehead atoms. The number of ether oxygens (including phenoxy) is 3. The number of carbonyl (C=O) groups is 1. The fourth-order valence-electron chi connectivity index (χ4n) is 0.655. The van der Waals surface area contributed by atoms with Crippen LogP contribution >= 0.6 is 0 Å². The summed E-state index contributed by atoms with van der Waals surface area (Å²) >= 11 is 0. The summed E-state index contributed by atoms with van der Waals surface area (Å²) in [5.41, 5.74) is 10.2. The Morgan fingerprint density at radius 3 is 2.36 bits per heavy atom. The molecule has 0 fully saturated rings. The van der Waals surface area contributed by atoms with E-state index in [9.17, 15) is 4.79 Å². The zero-order valence-electron chi connectivity index (χ0n) is 8.40. The van der Waals surface area contributed by atoms with E-state index in [2.05, 4.69) is 0 Å². The van der Waals surface area contributed by atoms with Gasteiger partial charge in [-0.05, 0) is 0 Å². The highest BCUT2D eigenvalue weighted by Gasteiger charge is 2.07. The van der Waals surface area contributed by atoms with E-state index in [0.29, 0.717) is 26.4 Å². The SMILES string of the molecule is COCCOCCOCC(N)C(N)=O. The molecule has 1 amide bonds. The second-order valence-corrected chi connectivity index (χ2v) is 2.69. The monoisotopic (exact) mass is 206 g/mol. The van der Waals surface area contributed by atoms with E-state index in [0.717, 1.165) is 0 Å². The quantitative estimate of drug-likeness (QED) is 0.446. The molecule has 84 valence electrons. The molecule has 0 aromatic heterocycles. The van der Waals surface area contributed by atoms with Gasteiger partial charge in [-0.25, -0.2) is 0 Å². The molecule has 6 nitrogen and oxygen atoms in total. The molecule has 4 N–H and O–H groups in total. The first-order valence-electron chi connectivity index (χ1n) is 4.37. The largest absolute Gasteiger partial charge is 0.382 e. The predicted octanol–water partition coefficient (Wildman–Crippen LogP) is -1.52. The summed E-state index contributed by atoms with van der Waals surface area (Å²) in [5.74, 6) is -0.565. The van der Waals surface area contributed by atoms with Crippen molar-refractivity contribution in [2.45, 2.75) is 6.04 Å². The minimum Gasteiger partial charge on any atom is -0.382 e. The lowest BCUT2D eigenvalue weighted by atomic mass is 10.3. The van der Waals surface area contributed by atoms with Crippen LogP contribution < -0.4 is 11.5 Å². The van der Waals surface area contributed by atoms with Crippen molar-refractivity contribution in [3.8, 4) is 0 Å². The van der Waals surface area contributed by atoms with Gasteiger partial charge in [0.05, 0.1) is 33.0 Å². The lowest BCUT2D eigenvalue weighted by Gasteiger charge is -2.08. The van der Waals surface area contributed by atoms with Gasteiger partial charge in [0.2, 0.25) is 5.91 Å². The number of hydrogen-bond acceptors (Lipinski definition) is 5. The number of rotatable bonds is 9. The number of nitrogens with two attached hydrogens (primary N) is 2. The molecule has 0 rings (SSSR count). The molecule has 6 heteroatoms. The molecule has 14 heavy (non-hydrogen) atoms. The third-order valence-electron chi connectivity index (χ3n) is 1.47. The van der Waals surface area contributed by atoms with Gasteiger partial charge in [-0.2, -0.15) is 0 Å². The molecule has 0 aliphatic heterocycles. The van der Waals surface area contributed by atoms with Gasteiger partial charge in [0, 0.05) is 7.11 Å². The van der Waals surface area contributed by atoms with Crippen LogP contribution in [0, 0.1) is 0 Å². The van der Waals surface area contributed by atoms with Gasteiger partial charge in [0.1, 0.15) is 6.04 Å². The van der Waals surface area contributed by atoms with Gasteiger partial charge in [0.25, 0.3) is 0 Å². The standard InChI is InChI=1S/C8H18N2O4/c1-12-2-3-13-4-5-14-6-7(9)8(10)11/h7H,2-6,9H2,1H3,(H2,10,11). The lowest BCUT2D eigenvalue weighted by molar-refractivity contribution is -0.120. The van der Waals surface area contributed by atoms with Crippen molar-refractivity contribution in [2.75, 3.05) is 40.1 Å². The van der Waals surface area contributed by atoms with Crippen LogP contribution in [0.5, 0.6) is 0 Å². The summed E-state index contributed by atoms with van der Waals surface area (Å²) in [4.78, 5) is 10.5. The van der Waals surface area contributed by atoms with Crippen molar-refractivity contribution in [2.24, 2.45) is 11.5 Å². The summed E-state index contributed by atoms with van der Waals surface area (Å²) in [6, 6.07) is -0.742. The molecule has 1 atom stereocenters. The van der Waals surface area contributed by atoms with Gasteiger partial charge < -0.3 is 25.7 Å². The fraction of sp³-hybridized carbons (Fsp3) is 0.875. The van der Waals surface area contributed by atoms with Crippen molar-refractivity contribution in [3.63, 3.8) is 0 Å². The maximum absolute atomic E-state index is 10.5. The normalized spacial score (nSPS) is 12.7. The highest BCUT2D eigenvalue weighted by atomic mass is 16.5. The molecule has 0 saturated carbocycles. The molecule has 0 radical (unpaired) electrons. The molecule has 0 heterocycles. The first-order chi connectivity index (χ1) is 6.68. The van der Waals surface area contributed by atoms with E-state index in [1.807, 2.05) is 0 Å². The maximum Gasteiger partial charge on any atom is 0.236 e.